The molecule has 0 aliphatic rings. The number of rotatable bonds is 6. The first kappa shape index (κ1) is 20.1. The lowest BCUT2D eigenvalue weighted by Gasteiger charge is -2.13. The number of carbonyl (C=O) groups is 1. The van der Waals surface area contributed by atoms with Crippen molar-refractivity contribution in [1.82, 2.24) is 14.8 Å². The molecule has 146 valence electrons. The first-order valence-corrected chi connectivity index (χ1v) is 10.7. The van der Waals surface area contributed by atoms with Gasteiger partial charge in [-0.25, -0.2) is 13.6 Å². The topological polar surface area (TPSA) is 120 Å². The van der Waals surface area contributed by atoms with Gasteiger partial charge in [-0.15, -0.1) is 10.2 Å². The van der Waals surface area contributed by atoms with Gasteiger partial charge in [0.1, 0.15) is 6.33 Å². The average molecular weight is 418 g/mol. The molecule has 2 aromatic carbocycles. The summed E-state index contributed by atoms with van der Waals surface area (Å²) in [4.78, 5) is 12.5. The Balaban J connectivity index is 1.75. The second-order valence-electron chi connectivity index (χ2n) is 6.09. The number of primary sulfonamides is 1. The van der Waals surface area contributed by atoms with Gasteiger partial charge in [0.05, 0.1) is 15.8 Å². The molecule has 3 N–H and O–H groups in total. The highest BCUT2D eigenvalue weighted by Crippen LogP contribution is 2.26. The van der Waals surface area contributed by atoms with E-state index in [4.69, 9.17) is 5.14 Å². The van der Waals surface area contributed by atoms with Crippen molar-refractivity contribution in [3.05, 3.63) is 60.4 Å². The average Bonchev–Trinajstić information content (AvgIpc) is 3.09. The molecule has 1 unspecified atom stereocenters. The zero-order chi connectivity index (χ0) is 20.3. The van der Waals surface area contributed by atoms with Crippen LogP contribution in [0.5, 0.6) is 0 Å². The fourth-order valence-corrected chi connectivity index (χ4v) is 3.91. The third-order valence-corrected chi connectivity index (χ3v) is 5.94. The number of aryl methyl sites for hydroxylation is 1. The van der Waals surface area contributed by atoms with Crippen molar-refractivity contribution in [1.29, 1.82) is 0 Å². The molecular formula is C18H19N5O3S2. The Morgan fingerprint density at radius 2 is 1.96 bits per heavy atom. The third-order valence-electron chi connectivity index (χ3n) is 3.97. The number of nitrogens with one attached hydrogen (secondary N) is 1. The first-order chi connectivity index (χ1) is 13.3. The first-order valence-electron chi connectivity index (χ1n) is 8.32. The predicted octanol–water partition coefficient (Wildman–Crippen LogP) is 2.34. The van der Waals surface area contributed by atoms with Crippen LogP contribution in [0.2, 0.25) is 0 Å². The van der Waals surface area contributed by atoms with Crippen LogP contribution in [0.25, 0.3) is 5.69 Å². The number of nitrogens with zero attached hydrogens (tertiary/aromatic N) is 3. The summed E-state index contributed by atoms with van der Waals surface area (Å²) >= 11 is 1.25. The summed E-state index contributed by atoms with van der Waals surface area (Å²) in [6.45, 7) is 3.72. The van der Waals surface area contributed by atoms with E-state index in [0.29, 0.717) is 10.8 Å². The number of benzene rings is 2. The zero-order valence-electron chi connectivity index (χ0n) is 15.2. The Labute approximate surface area is 167 Å². The van der Waals surface area contributed by atoms with Crippen LogP contribution in [-0.2, 0) is 14.8 Å². The van der Waals surface area contributed by atoms with Crippen LogP contribution in [0.4, 0.5) is 5.69 Å². The summed E-state index contributed by atoms with van der Waals surface area (Å²) in [6, 6.07) is 13.6. The maximum atomic E-state index is 12.5. The highest BCUT2D eigenvalue weighted by Gasteiger charge is 2.19. The predicted molar refractivity (Wildman–Crippen MR) is 108 cm³/mol. The molecule has 0 aliphatic carbocycles. The van der Waals surface area contributed by atoms with Gasteiger partial charge >= 0.3 is 0 Å². The van der Waals surface area contributed by atoms with E-state index in [1.165, 1.54) is 30.0 Å². The van der Waals surface area contributed by atoms with E-state index in [1.54, 1.807) is 19.3 Å². The van der Waals surface area contributed by atoms with E-state index in [-0.39, 0.29) is 10.8 Å². The second kappa shape index (κ2) is 8.13. The van der Waals surface area contributed by atoms with E-state index in [2.05, 4.69) is 15.5 Å². The molecule has 0 saturated heterocycles. The van der Waals surface area contributed by atoms with Crippen LogP contribution in [0, 0.1) is 6.92 Å². The number of hydrogen-bond acceptors (Lipinski definition) is 6. The summed E-state index contributed by atoms with van der Waals surface area (Å²) in [6.07, 6.45) is 1.60. The fraction of sp³-hybridized carbons (Fsp3) is 0.167. The highest BCUT2D eigenvalue weighted by atomic mass is 32.2. The Morgan fingerprint density at radius 1 is 1.21 bits per heavy atom. The van der Waals surface area contributed by atoms with E-state index in [9.17, 15) is 13.2 Å². The number of sulfonamides is 1. The lowest BCUT2D eigenvalue weighted by atomic mass is 10.2. The Kier molecular flexibility index (Phi) is 5.82. The van der Waals surface area contributed by atoms with Crippen LogP contribution in [0.15, 0.2) is 64.9 Å². The van der Waals surface area contributed by atoms with Gasteiger partial charge in [0.2, 0.25) is 15.9 Å². The molecule has 0 bridgehead atoms. The number of nitrogens with two attached hydrogens (primary N) is 1. The van der Waals surface area contributed by atoms with Gasteiger partial charge in [0, 0.05) is 5.69 Å². The number of para-hydroxylation sites is 1. The summed E-state index contributed by atoms with van der Waals surface area (Å²) in [7, 11) is -3.84. The molecule has 1 atom stereocenters. The molecule has 0 spiro atoms. The van der Waals surface area contributed by atoms with Gasteiger partial charge in [-0.3, -0.25) is 9.36 Å². The standard InChI is InChI=1S/C18H19N5O3S2/c1-12-6-3-4-9-16(12)23-11-20-22-18(23)27-13(2)17(24)21-14-7-5-8-15(10-14)28(19,25)26/h3-11,13H,1-2H3,(H,21,24)(H2,19,25,26). The monoisotopic (exact) mass is 417 g/mol. The van der Waals surface area contributed by atoms with Crippen LogP contribution in [0.3, 0.4) is 0 Å². The van der Waals surface area contributed by atoms with Gasteiger partial charge in [-0.05, 0) is 43.7 Å². The van der Waals surface area contributed by atoms with Gasteiger partial charge in [-0.2, -0.15) is 0 Å². The molecule has 0 radical (unpaired) electrons. The van der Waals surface area contributed by atoms with Crippen LogP contribution < -0.4 is 10.5 Å². The second-order valence-corrected chi connectivity index (χ2v) is 8.96. The van der Waals surface area contributed by atoms with Crippen molar-refractivity contribution >= 4 is 33.4 Å². The van der Waals surface area contributed by atoms with Crippen molar-refractivity contribution in [3.8, 4) is 5.69 Å². The maximum Gasteiger partial charge on any atom is 0.238 e. The molecule has 3 rings (SSSR count). The van der Waals surface area contributed by atoms with E-state index >= 15 is 0 Å². The molecule has 1 heterocycles. The Morgan fingerprint density at radius 3 is 2.68 bits per heavy atom. The smallest absolute Gasteiger partial charge is 0.238 e. The van der Waals surface area contributed by atoms with Crippen molar-refractivity contribution in [3.63, 3.8) is 0 Å². The molecule has 0 aliphatic heterocycles. The fourth-order valence-electron chi connectivity index (χ4n) is 2.51. The van der Waals surface area contributed by atoms with E-state index < -0.39 is 15.3 Å². The SMILES string of the molecule is Cc1ccccc1-n1cnnc1SC(C)C(=O)Nc1cccc(S(N)(=O)=O)c1. The molecule has 10 heteroatoms. The van der Waals surface area contributed by atoms with Crippen molar-refractivity contribution < 1.29 is 13.2 Å². The normalized spacial score (nSPS) is 12.5. The summed E-state index contributed by atoms with van der Waals surface area (Å²) < 4.78 is 24.7. The number of carbonyl (C=O) groups excluding carboxylic acids is 1. The minimum Gasteiger partial charge on any atom is -0.325 e. The van der Waals surface area contributed by atoms with E-state index in [1.807, 2.05) is 35.8 Å². The quantitative estimate of drug-likeness (QED) is 0.594. The number of aromatic nitrogens is 3. The minimum atomic E-state index is -3.84. The van der Waals surface area contributed by atoms with Gasteiger partial charge in [-0.1, -0.05) is 36.0 Å². The summed E-state index contributed by atoms with van der Waals surface area (Å²) in [5.41, 5.74) is 2.34. The van der Waals surface area contributed by atoms with Gasteiger partial charge in [0.15, 0.2) is 5.16 Å². The van der Waals surface area contributed by atoms with Crippen molar-refractivity contribution in [2.45, 2.75) is 29.1 Å². The number of anilines is 1. The Hall–Kier alpha value is -2.69. The molecule has 1 amide bonds. The minimum absolute atomic E-state index is 0.0649. The number of amides is 1. The lowest BCUT2D eigenvalue weighted by Crippen LogP contribution is -2.23. The summed E-state index contributed by atoms with van der Waals surface area (Å²) in [5, 5.41) is 16.0. The van der Waals surface area contributed by atoms with Crippen LogP contribution >= 0.6 is 11.8 Å². The number of thioether (sulfide) groups is 1. The summed E-state index contributed by atoms with van der Waals surface area (Å²) in [5.74, 6) is -0.295. The van der Waals surface area contributed by atoms with Gasteiger partial charge in [0.25, 0.3) is 0 Å². The van der Waals surface area contributed by atoms with Gasteiger partial charge < -0.3 is 5.32 Å². The molecule has 3 aromatic rings. The molecule has 28 heavy (non-hydrogen) atoms. The highest BCUT2D eigenvalue weighted by molar-refractivity contribution is 8.00. The molecular weight excluding hydrogens is 398 g/mol. The van der Waals surface area contributed by atoms with E-state index in [0.717, 1.165) is 11.3 Å². The number of hydrogen-bond donors (Lipinski definition) is 2. The Bertz CT molecular complexity index is 1110. The van der Waals surface area contributed by atoms with Crippen molar-refractivity contribution in [2.75, 3.05) is 5.32 Å². The largest absolute Gasteiger partial charge is 0.325 e. The molecule has 0 saturated carbocycles. The van der Waals surface area contributed by atoms with Crippen molar-refractivity contribution in [2.24, 2.45) is 5.14 Å². The molecule has 1 aromatic heterocycles. The molecule has 8 nitrogen and oxygen atoms in total. The molecule has 0 fully saturated rings. The third kappa shape index (κ3) is 4.58. The zero-order valence-corrected chi connectivity index (χ0v) is 16.9. The lowest BCUT2D eigenvalue weighted by molar-refractivity contribution is -0.115. The van der Waals surface area contributed by atoms with Crippen LogP contribution in [0.1, 0.15) is 12.5 Å². The van der Waals surface area contributed by atoms with Crippen LogP contribution in [-0.4, -0.2) is 34.3 Å². The maximum absolute atomic E-state index is 12.5.